The fourth-order valence-electron chi connectivity index (χ4n) is 3.32. The van der Waals surface area contributed by atoms with Crippen molar-refractivity contribution < 1.29 is 4.79 Å². The van der Waals surface area contributed by atoms with E-state index in [1.807, 2.05) is 4.90 Å². The first-order valence-corrected chi connectivity index (χ1v) is 7.13. The van der Waals surface area contributed by atoms with Crippen LogP contribution in [0.1, 0.15) is 29.6 Å². The molecule has 2 atom stereocenters. The molecule has 2 aliphatic heterocycles. The van der Waals surface area contributed by atoms with Crippen LogP contribution in [0.4, 0.5) is 5.82 Å². The van der Waals surface area contributed by atoms with Crippen LogP contribution in [0.25, 0.3) is 0 Å². The van der Waals surface area contributed by atoms with Gasteiger partial charge in [0.25, 0.3) is 5.91 Å². The molecule has 20 heavy (non-hydrogen) atoms. The standard InChI is InChI=1S/C14H21N5O/c1-18-11-2-3-12(18)9-19(7-5-11)14(20)10-4-6-16-13(8-10)17-15/h4,6,8,11-12H,2-3,5,7,9,15H2,1H3,(H,16,17). The summed E-state index contributed by atoms with van der Waals surface area (Å²) in [5.41, 5.74) is 3.13. The van der Waals surface area contributed by atoms with Crippen LogP contribution < -0.4 is 11.3 Å². The molecular weight excluding hydrogens is 254 g/mol. The van der Waals surface area contributed by atoms with Gasteiger partial charge in [-0.05, 0) is 38.4 Å². The maximum atomic E-state index is 12.6. The molecule has 2 bridgehead atoms. The molecule has 1 aromatic heterocycles. The summed E-state index contributed by atoms with van der Waals surface area (Å²) in [6.45, 7) is 1.65. The number of carbonyl (C=O) groups excluding carboxylic acids is 1. The number of nitrogen functional groups attached to an aromatic ring is 1. The monoisotopic (exact) mass is 275 g/mol. The molecule has 6 heteroatoms. The fourth-order valence-corrected chi connectivity index (χ4v) is 3.32. The van der Waals surface area contributed by atoms with Crippen molar-refractivity contribution in [1.29, 1.82) is 0 Å². The molecule has 2 saturated heterocycles. The third-order valence-corrected chi connectivity index (χ3v) is 4.59. The number of fused-ring (bicyclic) bond motifs is 2. The minimum Gasteiger partial charge on any atom is -0.337 e. The Morgan fingerprint density at radius 1 is 1.40 bits per heavy atom. The van der Waals surface area contributed by atoms with E-state index in [0.29, 0.717) is 23.5 Å². The van der Waals surface area contributed by atoms with Crippen molar-refractivity contribution in [3.05, 3.63) is 23.9 Å². The molecule has 2 aliphatic rings. The maximum Gasteiger partial charge on any atom is 0.254 e. The molecule has 3 N–H and O–H groups in total. The lowest BCUT2D eigenvalue weighted by atomic mass is 10.1. The summed E-state index contributed by atoms with van der Waals surface area (Å²) >= 11 is 0. The Kier molecular flexibility index (Phi) is 3.58. The third kappa shape index (κ3) is 2.36. The molecule has 3 rings (SSSR count). The minimum atomic E-state index is 0.0739. The normalized spacial score (nSPS) is 26.4. The van der Waals surface area contributed by atoms with Gasteiger partial charge in [-0.25, -0.2) is 10.8 Å². The SMILES string of the molecule is CN1C2CCC1CN(C(=O)c1ccnc(NN)c1)CC2. The molecule has 2 unspecified atom stereocenters. The zero-order chi connectivity index (χ0) is 14.1. The number of likely N-dealkylation sites (tertiary alicyclic amines) is 1. The smallest absolute Gasteiger partial charge is 0.254 e. The highest BCUT2D eigenvalue weighted by molar-refractivity contribution is 5.94. The molecule has 0 spiro atoms. The van der Waals surface area contributed by atoms with Crippen LogP contribution >= 0.6 is 0 Å². The van der Waals surface area contributed by atoms with Crippen molar-refractivity contribution in [3.63, 3.8) is 0 Å². The number of anilines is 1. The van der Waals surface area contributed by atoms with E-state index in [4.69, 9.17) is 5.84 Å². The Labute approximate surface area is 118 Å². The van der Waals surface area contributed by atoms with Crippen molar-refractivity contribution >= 4 is 11.7 Å². The Morgan fingerprint density at radius 2 is 2.20 bits per heavy atom. The first-order valence-electron chi connectivity index (χ1n) is 7.13. The third-order valence-electron chi connectivity index (χ3n) is 4.59. The van der Waals surface area contributed by atoms with E-state index < -0.39 is 0 Å². The van der Waals surface area contributed by atoms with Crippen LogP contribution in [0.3, 0.4) is 0 Å². The molecule has 1 amide bonds. The molecule has 0 aliphatic carbocycles. The topological polar surface area (TPSA) is 74.5 Å². The van der Waals surface area contributed by atoms with Crippen LogP contribution in [-0.2, 0) is 0 Å². The van der Waals surface area contributed by atoms with Gasteiger partial charge in [0.2, 0.25) is 0 Å². The number of aromatic nitrogens is 1. The highest BCUT2D eigenvalue weighted by atomic mass is 16.2. The average molecular weight is 275 g/mol. The van der Waals surface area contributed by atoms with E-state index in [9.17, 15) is 4.79 Å². The number of pyridine rings is 1. The molecule has 6 nitrogen and oxygen atoms in total. The second kappa shape index (κ2) is 5.38. The molecule has 1 aromatic rings. The van der Waals surface area contributed by atoms with Crippen LogP contribution in [0.15, 0.2) is 18.3 Å². The van der Waals surface area contributed by atoms with Crippen molar-refractivity contribution in [3.8, 4) is 0 Å². The fraction of sp³-hybridized carbons (Fsp3) is 0.571. The molecule has 108 valence electrons. The van der Waals surface area contributed by atoms with Crippen molar-refractivity contribution in [1.82, 2.24) is 14.8 Å². The number of hydrogen-bond donors (Lipinski definition) is 2. The summed E-state index contributed by atoms with van der Waals surface area (Å²) in [6.07, 6.45) is 5.13. The van der Waals surface area contributed by atoms with E-state index in [1.165, 1.54) is 12.8 Å². The Bertz CT molecular complexity index is 506. The number of amides is 1. The van der Waals surface area contributed by atoms with Crippen LogP contribution in [0, 0.1) is 0 Å². The average Bonchev–Trinajstić information content (AvgIpc) is 2.71. The quantitative estimate of drug-likeness (QED) is 0.613. The van der Waals surface area contributed by atoms with Crippen LogP contribution in [-0.4, -0.2) is 52.9 Å². The first-order chi connectivity index (χ1) is 9.69. The predicted molar refractivity (Wildman–Crippen MR) is 77.1 cm³/mol. The van der Waals surface area contributed by atoms with Gasteiger partial charge < -0.3 is 10.3 Å². The van der Waals surface area contributed by atoms with Gasteiger partial charge in [0.15, 0.2) is 0 Å². The van der Waals surface area contributed by atoms with Gasteiger partial charge in [0.05, 0.1) is 0 Å². The van der Waals surface area contributed by atoms with Crippen LogP contribution in [0.5, 0.6) is 0 Å². The molecule has 0 radical (unpaired) electrons. The lowest BCUT2D eigenvalue weighted by Gasteiger charge is -2.26. The number of rotatable bonds is 2. The highest BCUT2D eigenvalue weighted by Gasteiger charge is 2.36. The number of carbonyl (C=O) groups is 1. The zero-order valence-corrected chi connectivity index (χ0v) is 11.7. The van der Waals surface area contributed by atoms with E-state index in [1.54, 1.807) is 18.3 Å². The molecule has 2 fully saturated rings. The predicted octanol–water partition coefficient (Wildman–Crippen LogP) is 0.676. The van der Waals surface area contributed by atoms with Crippen molar-refractivity contribution in [2.45, 2.75) is 31.3 Å². The Morgan fingerprint density at radius 3 is 3.00 bits per heavy atom. The van der Waals surface area contributed by atoms with Crippen LogP contribution in [0.2, 0.25) is 0 Å². The summed E-state index contributed by atoms with van der Waals surface area (Å²) < 4.78 is 0. The second-order valence-electron chi connectivity index (χ2n) is 5.66. The zero-order valence-electron chi connectivity index (χ0n) is 11.7. The van der Waals surface area contributed by atoms with Gasteiger partial charge in [-0.2, -0.15) is 0 Å². The maximum absolute atomic E-state index is 12.6. The van der Waals surface area contributed by atoms with Gasteiger partial charge in [0, 0.05) is 36.9 Å². The number of likely N-dealkylation sites (N-methyl/N-ethyl adjacent to an activating group) is 1. The van der Waals surface area contributed by atoms with Gasteiger partial charge in [-0.3, -0.25) is 9.69 Å². The van der Waals surface area contributed by atoms with Gasteiger partial charge in [-0.15, -0.1) is 0 Å². The molecule has 3 heterocycles. The summed E-state index contributed by atoms with van der Waals surface area (Å²) in [5, 5.41) is 0. The second-order valence-corrected chi connectivity index (χ2v) is 5.66. The summed E-state index contributed by atoms with van der Waals surface area (Å²) in [7, 11) is 2.18. The number of nitrogens with one attached hydrogen (secondary N) is 1. The Hall–Kier alpha value is -1.66. The number of nitrogens with two attached hydrogens (primary N) is 1. The molecule has 0 aromatic carbocycles. The van der Waals surface area contributed by atoms with E-state index in [0.717, 1.165) is 19.5 Å². The highest BCUT2D eigenvalue weighted by Crippen LogP contribution is 2.29. The summed E-state index contributed by atoms with van der Waals surface area (Å²) in [4.78, 5) is 21.1. The largest absolute Gasteiger partial charge is 0.337 e. The number of hydrogen-bond acceptors (Lipinski definition) is 5. The Balaban J connectivity index is 1.77. The number of hydrazine groups is 1. The van der Waals surface area contributed by atoms with E-state index in [-0.39, 0.29) is 5.91 Å². The van der Waals surface area contributed by atoms with Gasteiger partial charge in [-0.1, -0.05) is 0 Å². The minimum absolute atomic E-state index is 0.0739. The molecule has 0 saturated carbocycles. The summed E-state index contributed by atoms with van der Waals surface area (Å²) in [5.74, 6) is 5.94. The van der Waals surface area contributed by atoms with E-state index >= 15 is 0 Å². The molecular formula is C14H21N5O. The van der Waals surface area contributed by atoms with Gasteiger partial charge >= 0.3 is 0 Å². The van der Waals surface area contributed by atoms with E-state index in [2.05, 4.69) is 22.4 Å². The lowest BCUT2D eigenvalue weighted by Crippen LogP contribution is -2.39. The lowest BCUT2D eigenvalue weighted by molar-refractivity contribution is 0.0740. The summed E-state index contributed by atoms with van der Waals surface area (Å²) in [6, 6.07) is 4.59. The first kappa shape index (κ1) is 13.3. The van der Waals surface area contributed by atoms with Gasteiger partial charge in [0.1, 0.15) is 5.82 Å². The van der Waals surface area contributed by atoms with Crippen molar-refractivity contribution in [2.24, 2.45) is 5.84 Å². The van der Waals surface area contributed by atoms with Crippen molar-refractivity contribution in [2.75, 3.05) is 25.6 Å². The number of nitrogens with zero attached hydrogens (tertiary/aromatic N) is 3.